The van der Waals surface area contributed by atoms with Crippen LogP contribution >= 0.6 is 0 Å². The van der Waals surface area contributed by atoms with Crippen LogP contribution in [-0.4, -0.2) is 29.4 Å². The normalized spacial score (nSPS) is 18.8. The molecule has 1 amide bonds. The van der Waals surface area contributed by atoms with Gasteiger partial charge in [-0.25, -0.2) is 4.79 Å². The van der Waals surface area contributed by atoms with E-state index in [4.69, 9.17) is 9.84 Å². The molecule has 2 N–H and O–H groups in total. The fourth-order valence-corrected chi connectivity index (χ4v) is 1.75. The second-order valence-electron chi connectivity index (χ2n) is 5.62. The van der Waals surface area contributed by atoms with Crippen LogP contribution in [0.15, 0.2) is 0 Å². The SMILES string of the molecule is CC(C)(C)NC(=O)O[C@@H](CO)CC1CCC1. The predicted molar refractivity (Wildman–Crippen MR) is 62.2 cm³/mol. The average Bonchev–Trinajstić information content (AvgIpc) is 2.05. The van der Waals surface area contributed by atoms with E-state index < -0.39 is 6.09 Å². The van der Waals surface area contributed by atoms with Crippen molar-refractivity contribution in [2.75, 3.05) is 6.61 Å². The second-order valence-corrected chi connectivity index (χ2v) is 5.62. The molecule has 1 atom stereocenters. The maximum Gasteiger partial charge on any atom is 0.407 e. The summed E-state index contributed by atoms with van der Waals surface area (Å²) in [4.78, 5) is 11.5. The average molecular weight is 229 g/mol. The molecule has 0 unspecified atom stereocenters. The zero-order valence-corrected chi connectivity index (χ0v) is 10.5. The van der Waals surface area contributed by atoms with Gasteiger partial charge in [-0.05, 0) is 33.1 Å². The predicted octanol–water partition coefficient (Wildman–Crippen LogP) is 2.06. The maximum absolute atomic E-state index is 11.5. The van der Waals surface area contributed by atoms with E-state index in [0.717, 1.165) is 6.42 Å². The molecule has 0 radical (unpaired) electrons. The van der Waals surface area contributed by atoms with Crippen LogP contribution in [-0.2, 0) is 4.74 Å². The first-order chi connectivity index (χ1) is 7.40. The summed E-state index contributed by atoms with van der Waals surface area (Å²) in [7, 11) is 0. The molecule has 94 valence electrons. The van der Waals surface area contributed by atoms with E-state index in [1.165, 1.54) is 19.3 Å². The lowest BCUT2D eigenvalue weighted by Gasteiger charge is -2.29. The van der Waals surface area contributed by atoms with Gasteiger partial charge in [0.1, 0.15) is 6.10 Å². The van der Waals surface area contributed by atoms with Gasteiger partial charge in [-0.15, -0.1) is 0 Å². The number of hydrogen-bond acceptors (Lipinski definition) is 3. The van der Waals surface area contributed by atoms with Gasteiger partial charge in [0.2, 0.25) is 0 Å². The molecule has 0 aromatic carbocycles. The van der Waals surface area contributed by atoms with E-state index >= 15 is 0 Å². The monoisotopic (exact) mass is 229 g/mol. The van der Waals surface area contributed by atoms with Crippen molar-refractivity contribution in [2.24, 2.45) is 5.92 Å². The Morgan fingerprint density at radius 2 is 2.12 bits per heavy atom. The van der Waals surface area contributed by atoms with Gasteiger partial charge in [0, 0.05) is 5.54 Å². The van der Waals surface area contributed by atoms with Crippen LogP contribution in [0.3, 0.4) is 0 Å². The van der Waals surface area contributed by atoms with Crippen LogP contribution in [0.2, 0.25) is 0 Å². The number of aliphatic hydroxyl groups excluding tert-OH is 1. The van der Waals surface area contributed by atoms with E-state index in [1.807, 2.05) is 20.8 Å². The van der Waals surface area contributed by atoms with Crippen molar-refractivity contribution in [3.8, 4) is 0 Å². The third kappa shape index (κ3) is 4.84. The minimum absolute atomic E-state index is 0.0892. The Kier molecular flexibility index (Phi) is 4.59. The number of alkyl carbamates (subject to hydrolysis) is 1. The molecule has 0 aromatic heterocycles. The molecule has 0 saturated heterocycles. The number of rotatable bonds is 4. The smallest absolute Gasteiger partial charge is 0.407 e. The summed E-state index contributed by atoms with van der Waals surface area (Å²) in [6.07, 6.45) is 3.64. The number of carbonyl (C=O) groups excluding carboxylic acids is 1. The largest absolute Gasteiger partial charge is 0.444 e. The molecule has 0 spiro atoms. The van der Waals surface area contributed by atoms with Crippen LogP contribution in [0.4, 0.5) is 4.79 Å². The first kappa shape index (κ1) is 13.3. The minimum Gasteiger partial charge on any atom is -0.444 e. The van der Waals surface area contributed by atoms with Gasteiger partial charge in [-0.3, -0.25) is 0 Å². The number of aliphatic hydroxyl groups is 1. The highest BCUT2D eigenvalue weighted by Gasteiger charge is 2.25. The molecule has 4 nitrogen and oxygen atoms in total. The number of amides is 1. The molecule has 16 heavy (non-hydrogen) atoms. The van der Waals surface area contributed by atoms with Crippen molar-refractivity contribution in [1.29, 1.82) is 0 Å². The van der Waals surface area contributed by atoms with E-state index in [2.05, 4.69) is 5.32 Å². The van der Waals surface area contributed by atoms with Crippen LogP contribution in [0.1, 0.15) is 46.5 Å². The summed E-state index contributed by atoms with van der Waals surface area (Å²) in [5, 5.41) is 11.9. The standard InChI is InChI=1S/C12H23NO3/c1-12(2,3)13-11(15)16-10(8-14)7-9-5-4-6-9/h9-10,14H,4-8H2,1-3H3,(H,13,15)/t10-/m1/s1. The fraction of sp³-hybridized carbons (Fsp3) is 0.917. The highest BCUT2D eigenvalue weighted by molar-refractivity contribution is 5.68. The lowest BCUT2D eigenvalue weighted by Crippen LogP contribution is -2.43. The van der Waals surface area contributed by atoms with Crippen molar-refractivity contribution in [3.05, 3.63) is 0 Å². The van der Waals surface area contributed by atoms with E-state index in [0.29, 0.717) is 5.92 Å². The third-order valence-corrected chi connectivity index (χ3v) is 2.78. The van der Waals surface area contributed by atoms with Crippen molar-refractivity contribution in [2.45, 2.75) is 58.1 Å². The van der Waals surface area contributed by atoms with Crippen LogP contribution in [0.5, 0.6) is 0 Å². The first-order valence-electron chi connectivity index (χ1n) is 6.00. The topological polar surface area (TPSA) is 58.6 Å². The zero-order chi connectivity index (χ0) is 12.2. The van der Waals surface area contributed by atoms with Gasteiger partial charge in [-0.1, -0.05) is 19.3 Å². The molecule has 1 aliphatic rings. The third-order valence-electron chi connectivity index (χ3n) is 2.78. The Labute approximate surface area is 97.4 Å². The van der Waals surface area contributed by atoms with E-state index in [9.17, 15) is 4.79 Å². The van der Waals surface area contributed by atoms with Gasteiger partial charge in [-0.2, -0.15) is 0 Å². The van der Waals surface area contributed by atoms with E-state index in [-0.39, 0.29) is 18.2 Å². The zero-order valence-electron chi connectivity index (χ0n) is 10.5. The lowest BCUT2D eigenvalue weighted by molar-refractivity contribution is 0.0312. The Bertz CT molecular complexity index is 231. The van der Waals surface area contributed by atoms with Gasteiger partial charge < -0.3 is 15.2 Å². The molecule has 1 saturated carbocycles. The second kappa shape index (κ2) is 5.53. The quantitative estimate of drug-likeness (QED) is 0.775. The van der Waals surface area contributed by atoms with Crippen molar-refractivity contribution < 1.29 is 14.6 Å². The van der Waals surface area contributed by atoms with Gasteiger partial charge in [0.15, 0.2) is 0 Å². The summed E-state index contributed by atoms with van der Waals surface area (Å²) in [6, 6.07) is 0. The Morgan fingerprint density at radius 3 is 2.50 bits per heavy atom. The van der Waals surface area contributed by atoms with Gasteiger partial charge in [0.25, 0.3) is 0 Å². The van der Waals surface area contributed by atoms with Gasteiger partial charge in [0.05, 0.1) is 6.61 Å². The first-order valence-corrected chi connectivity index (χ1v) is 6.00. The summed E-state index contributed by atoms with van der Waals surface area (Å²) in [5.74, 6) is 0.625. The molecule has 1 aliphatic carbocycles. The highest BCUT2D eigenvalue weighted by atomic mass is 16.6. The number of ether oxygens (including phenoxy) is 1. The van der Waals surface area contributed by atoms with Crippen molar-refractivity contribution in [1.82, 2.24) is 5.32 Å². The molecular weight excluding hydrogens is 206 g/mol. The molecule has 0 aromatic rings. The minimum atomic E-state index is -0.439. The van der Waals surface area contributed by atoms with Crippen LogP contribution in [0.25, 0.3) is 0 Å². The molecular formula is C12H23NO3. The summed E-state index contributed by atoms with van der Waals surface area (Å²) >= 11 is 0. The van der Waals surface area contributed by atoms with Crippen molar-refractivity contribution in [3.63, 3.8) is 0 Å². The fourth-order valence-electron chi connectivity index (χ4n) is 1.75. The number of nitrogens with one attached hydrogen (secondary N) is 1. The van der Waals surface area contributed by atoms with Gasteiger partial charge >= 0.3 is 6.09 Å². The Morgan fingerprint density at radius 1 is 1.50 bits per heavy atom. The highest BCUT2D eigenvalue weighted by Crippen LogP contribution is 2.31. The van der Waals surface area contributed by atoms with Crippen molar-refractivity contribution >= 4 is 6.09 Å². The molecule has 1 rings (SSSR count). The van der Waals surface area contributed by atoms with Crippen LogP contribution in [0, 0.1) is 5.92 Å². The van der Waals surface area contributed by atoms with Crippen LogP contribution < -0.4 is 5.32 Å². The molecule has 0 heterocycles. The summed E-state index contributed by atoms with van der Waals surface area (Å²) in [5.41, 5.74) is -0.298. The Hall–Kier alpha value is -0.770. The van der Waals surface area contributed by atoms with E-state index in [1.54, 1.807) is 0 Å². The summed E-state index contributed by atoms with van der Waals surface area (Å²) in [6.45, 7) is 5.60. The Balaban J connectivity index is 2.28. The lowest BCUT2D eigenvalue weighted by atomic mass is 9.81. The molecule has 0 aliphatic heterocycles. The number of carbonyl (C=O) groups is 1. The molecule has 1 fully saturated rings. The maximum atomic E-state index is 11.5. The molecule has 0 bridgehead atoms. The number of hydrogen-bond donors (Lipinski definition) is 2. The molecule has 4 heteroatoms. The summed E-state index contributed by atoms with van der Waals surface area (Å²) < 4.78 is 5.18.